The molecular formula is C20H23F3N4O2. The number of nitrogens with one attached hydrogen (secondary N) is 2. The minimum atomic E-state index is -4.76. The summed E-state index contributed by atoms with van der Waals surface area (Å²) in [5.41, 5.74) is -0.645. The summed E-state index contributed by atoms with van der Waals surface area (Å²) >= 11 is 0. The van der Waals surface area contributed by atoms with Crippen molar-refractivity contribution in [1.82, 2.24) is 15.3 Å². The summed E-state index contributed by atoms with van der Waals surface area (Å²) < 4.78 is 45.7. The SMILES string of the molecule is C=C/C(C(=O)NC)=C(\C=C/C)Oc1nc(NC(/C=C\C)=C/C)ncc1C(F)(F)F. The van der Waals surface area contributed by atoms with Crippen molar-refractivity contribution in [2.45, 2.75) is 26.9 Å². The average molecular weight is 408 g/mol. The Morgan fingerprint density at radius 1 is 1.21 bits per heavy atom. The third kappa shape index (κ3) is 6.63. The molecular weight excluding hydrogens is 385 g/mol. The lowest BCUT2D eigenvalue weighted by Gasteiger charge is -2.16. The monoisotopic (exact) mass is 408 g/mol. The lowest BCUT2D eigenvalue weighted by Crippen LogP contribution is -2.21. The van der Waals surface area contributed by atoms with E-state index in [-0.39, 0.29) is 17.3 Å². The van der Waals surface area contributed by atoms with Crippen LogP contribution < -0.4 is 15.4 Å². The van der Waals surface area contributed by atoms with Gasteiger partial charge < -0.3 is 15.4 Å². The Labute approximate surface area is 167 Å². The first-order chi connectivity index (χ1) is 13.7. The quantitative estimate of drug-likeness (QED) is 0.376. The molecule has 0 aliphatic rings. The van der Waals surface area contributed by atoms with Crippen molar-refractivity contribution in [1.29, 1.82) is 0 Å². The van der Waals surface area contributed by atoms with Gasteiger partial charge in [0.1, 0.15) is 11.3 Å². The van der Waals surface area contributed by atoms with Gasteiger partial charge in [0.05, 0.1) is 5.57 Å². The standard InChI is InChI=1S/C20H23F3N4O2/c1-6-10-13(8-3)26-19-25-12-15(20(21,22)23)18(27-19)29-16(11-7-2)14(9-4)17(28)24-5/h6-12H,4H2,1-3,5H3,(H,24,28)(H,25,26,27)/b10-6-,11-7-,13-8+,16-14-. The molecule has 1 aromatic heterocycles. The van der Waals surface area contributed by atoms with Crippen LogP contribution in [0.3, 0.4) is 0 Å². The fourth-order valence-corrected chi connectivity index (χ4v) is 2.09. The number of hydrogen-bond donors (Lipinski definition) is 2. The molecule has 1 rings (SSSR count). The number of likely N-dealkylation sites (N-methyl/N-ethyl adjacent to an activating group) is 1. The van der Waals surface area contributed by atoms with Crippen LogP contribution in [0, 0.1) is 0 Å². The molecule has 1 aromatic rings. The number of aromatic nitrogens is 2. The van der Waals surface area contributed by atoms with Gasteiger partial charge in [-0.3, -0.25) is 4.79 Å². The molecule has 9 heteroatoms. The third-order valence-electron chi connectivity index (χ3n) is 3.44. The molecule has 0 unspecified atom stereocenters. The van der Waals surface area contributed by atoms with Crippen LogP contribution in [0.1, 0.15) is 26.3 Å². The zero-order chi connectivity index (χ0) is 22.0. The van der Waals surface area contributed by atoms with E-state index in [9.17, 15) is 18.0 Å². The summed E-state index contributed by atoms with van der Waals surface area (Å²) in [7, 11) is 1.38. The molecule has 0 aromatic carbocycles. The Morgan fingerprint density at radius 2 is 1.86 bits per heavy atom. The van der Waals surface area contributed by atoms with E-state index in [0.29, 0.717) is 11.9 Å². The fourth-order valence-electron chi connectivity index (χ4n) is 2.09. The van der Waals surface area contributed by atoms with Gasteiger partial charge in [0.25, 0.3) is 5.91 Å². The highest BCUT2D eigenvalue weighted by molar-refractivity contribution is 5.96. The number of halogens is 3. The summed E-state index contributed by atoms with van der Waals surface area (Å²) in [6.45, 7) is 8.68. The fraction of sp³-hybridized carbons (Fsp3) is 0.250. The number of nitrogens with zero attached hydrogens (tertiary/aromatic N) is 2. The molecule has 1 amide bonds. The Kier molecular flexibility index (Phi) is 8.85. The first kappa shape index (κ1) is 23.7. The van der Waals surface area contributed by atoms with Crippen LogP contribution in [0.2, 0.25) is 0 Å². The lowest BCUT2D eigenvalue weighted by atomic mass is 10.2. The smallest absolute Gasteiger partial charge is 0.423 e. The van der Waals surface area contributed by atoms with Crippen LogP contribution in [0.15, 0.2) is 66.3 Å². The number of amides is 1. The van der Waals surface area contributed by atoms with E-state index in [2.05, 4.69) is 27.2 Å². The van der Waals surface area contributed by atoms with Gasteiger partial charge in [-0.05, 0) is 32.9 Å². The number of anilines is 1. The molecule has 0 bridgehead atoms. The molecule has 6 nitrogen and oxygen atoms in total. The van der Waals surface area contributed by atoms with E-state index < -0.39 is 23.5 Å². The second kappa shape index (κ2) is 10.8. The van der Waals surface area contributed by atoms with Crippen molar-refractivity contribution in [3.8, 4) is 5.88 Å². The Bertz CT molecular complexity index is 869. The maximum atomic E-state index is 13.4. The van der Waals surface area contributed by atoms with Crippen molar-refractivity contribution in [2.75, 3.05) is 12.4 Å². The molecule has 0 spiro atoms. The zero-order valence-corrected chi connectivity index (χ0v) is 16.6. The highest BCUT2D eigenvalue weighted by Gasteiger charge is 2.37. The Morgan fingerprint density at radius 3 is 2.34 bits per heavy atom. The average Bonchev–Trinajstić information content (AvgIpc) is 2.67. The largest absolute Gasteiger partial charge is 0.437 e. The number of carbonyl (C=O) groups excluding carboxylic acids is 1. The number of allylic oxidation sites excluding steroid dienone is 5. The normalized spacial score (nSPS) is 13.4. The predicted molar refractivity (Wildman–Crippen MR) is 106 cm³/mol. The number of rotatable bonds is 8. The summed E-state index contributed by atoms with van der Waals surface area (Å²) in [6, 6.07) is 0. The highest BCUT2D eigenvalue weighted by Crippen LogP contribution is 2.36. The summed E-state index contributed by atoms with van der Waals surface area (Å²) in [5.74, 6) is -1.56. The molecule has 0 atom stereocenters. The van der Waals surface area contributed by atoms with E-state index >= 15 is 0 Å². The Balaban J connectivity index is 3.55. The van der Waals surface area contributed by atoms with Gasteiger partial charge in [0.15, 0.2) is 0 Å². The second-order valence-electron chi connectivity index (χ2n) is 5.44. The van der Waals surface area contributed by atoms with Crippen LogP contribution in [0.25, 0.3) is 0 Å². The van der Waals surface area contributed by atoms with E-state index in [1.807, 2.05) is 0 Å². The lowest BCUT2D eigenvalue weighted by molar-refractivity contribution is -0.139. The van der Waals surface area contributed by atoms with Gasteiger partial charge in [-0.1, -0.05) is 30.9 Å². The van der Waals surface area contributed by atoms with Crippen molar-refractivity contribution in [3.05, 3.63) is 71.8 Å². The van der Waals surface area contributed by atoms with Gasteiger partial charge in [-0.25, -0.2) is 4.98 Å². The van der Waals surface area contributed by atoms with E-state index in [0.717, 1.165) is 0 Å². The molecule has 0 saturated heterocycles. The molecule has 0 aliphatic heterocycles. The van der Waals surface area contributed by atoms with Crippen LogP contribution in [0.4, 0.5) is 19.1 Å². The molecule has 156 valence electrons. The van der Waals surface area contributed by atoms with Crippen molar-refractivity contribution < 1.29 is 22.7 Å². The van der Waals surface area contributed by atoms with Crippen LogP contribution in [-0.4, -0.2) is 22.9 Å². The first-order valence-electron chi connectivity index (χ1n) is 8.61. The van der Waals surface area contributed by atoms with Crippen molar-refractivity contribution >= 4 is 11.9 Å². The molecule has 0 fully saturated rings. The van der Waals surface area contributed by atoms with E-state index in [4.69, 9.17) is 4.74 Å². The van der Waals surface area contributed by atoms with Gasteiger partial charge in [-0.15, -0.1) is 0 Å². The minimum absolute atomic E-state index is 0.0464. The zero-order valence-electron chi connectivity index (χ0n) is 16.6. The topological polar surface area (TPSA) is 76.1 Å². The van der Waals surface area contributed by atoms with E-state index in [1.54, 1.807) is 39.0 Å². The third-order valence-corrected chi connectivity index (χ3v) is 3.44. The van der Waals surface area contributed by atoms with Gasteiger partial charge >= 0.3 is 6.18 Å². The molecule has 1 heterocycles. The highest BCUT2D eigenvalue weighted by atomic mass is 19.4. The number of carbonyl (C=O) groups is 1. The summed E-state index contributed by atoms with van der Waals surface area (Å²) in [5, 5.41) is 5.18. The van der Waals surface area contributed by atoms with Gasteiger partial charge in [0, 0.05) is 18.9 Å². The van der Waals surface area contributed by atoms with E-state index in [1.165, 1.54) is 25.3 Å². The molecule has 0 radical (unpaired) electrons. The predicted octanol–water partition coefficient (Wildman–Crippen LogP) is 4.53. The number of alkyl halides is 3. The van der Waals surface area contributed by atoms with Gasteiger partial charge in [-0.2, -0.15) is 18.2 Å². The van der Waals surface area contributed by atoms with Crippen molar-refractivity contribution in [3.63, 3.8) is 0 Å². The maximum absolute atomic E-state index is 13.4. The van der Waals surface area contributed by atoms with Crippen molar-refractivity contribution in [2.24, 2.45) is 0 Å². The molecule has 29 heavy (non-hydrogen) atoms. The van der Waals surface area contributed by atoms with Crippen LogP contribution in [-0.2, 0) is 11.0 Å². The number of hydrogen-bond acceptors (Lipinski definition) is 5. The molecule has 0 saturated carbocycles. The minimum Gasteiger partial charge on any atom is -0.437 e. The molecule has 0 aliphatic carbocycles. The summed E-state index contributed by atoms with van der Waals surface area (Å²) in [4.78, 5) is 19.6. The first-order valence-corrected chi connectivity index (χ1v) is 8.61. The van der Waals surface area contributed by atoms with Crippen LogP contribution >= 0.6 is 0 Å². The second-order valence-corrected chi connectivity index (χ2v) is 5.44. The number of ether oxygens (including phenoxy) is 1. The van der Waals surface area contributed by atoms with Crippen LogP contribution in [0.5, 0.6) is 5.88 Å². The van der Waals surface area contributed by atoms with Gasteiger partial charge in [0.2, 0.25) is 11.8 Å². The Hall–Kier alpha value is -3.36. The molecule has 2 N–H and O–H groups in total. The maximum Gasteiger partial charge on any atom is 0.423 e. The summed E-state index contributed by atoms with van der Waals surface area (Å²) in [6.07, 6.45) is 5.06.